The van der Waals surface area contributed by atoms with Crippen molar-refractivity contribution in [2.24, 2.45) is 0 Å². The number of aryl methyl sites for hydroxylation is 1. The standard InChI is InChI=1S/C14H20Si/c1-4-13-5-7-14(8-6-13)9-10-15-11-12(2)3/h4-8,11H,1,9-10,15H2,2-3H3. The lowest BCUT2D eigenvalue weighted by molar-refractivity contribution is 1.13. The van der Waals surface area contributed by atoms with Gasteiger partial charge in [0.1, 0.15) is 0 Å². The third-order valence-electron chi connectivity index (χ3n) is 2.44. The Balaban J connectivity index is 2.38. The first-order chi connectivity index (χ1) is 7.22. The zero-order chi connectivity index (χ0) is 11.1. The third-order valence-corrected chi connectivity index (χ3v) is 4.30. The van der Waals surface area contributed by atoms with Crippen LogP contribution in [0.3, 0.4) is 0 Å². The van der Waals surface area contributed by atoms with Crippen LogP contribution in [0.4, 0.5) is 0 Å². The Labute approximate surface area is 95.5 Å². The summed E-state index contributed by atoms with van der Waals surface area (Å²) < 4.78 is 0. The van der Waals surface area contributed by atoms with Crippen LogP contribution < -0.4 is 0 Å². The van der Waals surface area contributed by atoms with Crippen LogP contribution in [0.1, 0.15) is 25.0 Å². The van der Waals surface area contributed by atoms with E-state index >= 15 is 0 Å². The molecule has 0 amide bonds. The Morgan fingerprint density at radius 3 is 2.47 bits per heavy atom. The second kappa shape index (κ2) is 6.41. The second-order valence-electron chi connectivity index (χ2n) is 4.12. The van der Waals surface area contributed by atoms with Crippen molar-refractivity contribution in [1.29, 1.82) is 0 Å². The van der Waals surface area contributed by atoms with Gasteiger partial charge in [-0.1, -0.05) is 48.5 Å². The van der Waals surface area contributed by atoms with Crippen LogP contribution in [-0.2, 0) is 6.42 Å². The summed E-state index contributed by atoms with van der Waals surface area (Å²) in [5.41, 5.74) is 6.58. The minimum Gasteiger partial charge on any atom is -0.103 e. The summed E-state index contributed by atoms with van der Waals surface area (Å²) in [5, 5.41) is 0. The van der Waals surface area contributed by atoms with Gasteiger partial charge >= 0.3 is 0 Å². The molecule has 0 nitrogen and oxygen atoms in total. The first-order valence-electron chi connectivity index (χ1n) is 5.57. The molecule has 0 aromatic heterocycles. The van der Waals surface area contributed by atoms with Gasteiger partial charge in [0.15, 0.2) is 0 Å². The zero-order valence-electron chi connectivity index (χ0n) is 9.79. The molecule has 0 spiro atoms. The van der Waals surface area contributed by atoms with Gasteiger partial charge in [-0.05, 0) is 31.4 Å². The molecule has 0 N–H and O–H groups in total. The van der Waals surface area contributed by atoms with Crippen molar-refractivity contribution in [3.05, 3.63) is 53.2 Å². The van der Waals surface area contributed by atoms with Gasteiger partial charge in [0.25, 0.3) is 0 Å². The number of hydrogen-bond donors (Lipinski definition) is 0. The molecule has 0 unspecified atom stereocenters. The van der Waals surface area contributed by atoms with E-state index in [1.54, 1.807) is 0 Å². The van der Waals surface area contributed by atoms with E-state index < -0.39 is 0 Å². The molecule has 0 bridgehead atoms. The van der Waals surface area contributed by atoms with Crippen LogP contribution >= 0.6 is 0 Å². The highest BCUT2D eigenvalue weighted by Crippen LogP contribution is 2.07. The van der Waals surface area contributed by atoms with Crippen LogP contribution in [-0.4, -0.2) is 9.52 Å². The maximum Gasteiger partial charge on any atom is 0.0456 e. The van der Waals surface area contributed by atoms with Gasteiger partial charge in [-0.15, -0.1) is 5.70 Å². The maximum atomic E-state index is 3.75. The Hall–Kier alpha value is -1.08. The van der Waals surface area contributed by atoms with E-state index in [-0.39, 0.29) is 9.52 Å². The lowest BCUT2D eigenvalue weighted by Crippen LogP contribution is -1.91. The van der Waals surface area contributed by atoms with E-state index in [4.69, 9.17) is 0 Å². The Kier molecular flexibility index (Phi) is 5.12. The van der Waals surface area contributed by atoms with Crippen LogP contribution in [0.2, 0.25) is 6.04 Å². The van der Waals surface area contributed by atoms with Crippen molar-refractivity contribution in [3.63, 3.8) is 0 Å². The summed E-state index contributed by atoms with van der Waals surface area (Å²) in [6.07, 6.45) is 3.12. The molecule has 80 valence electrons. The molecule has 1 aromatic rings. The summed E-state index contributed by atoms with van der Waals surface area (Å²) in [6, 6.07) is 10.1. The first kappa shape index (κ1) is 12.0. The maximum absolute atomic E-state index is 3.75. The third kappa shape index (κ3) is 4.80. The van der Waals surface area contributed by atoms with Gasteiger partial charge < -0.3 is 0 Å². The van der Waals surface area contributed by atoms with Gasteiger partial charge in [-0.25, -0.2) is 0 Å². The highest BCUT2D eigenvalue weighted by molar-refractivity contribution is 6.42. The minimum atomic E-state index is 0.0229. The van der Waals surface area contributed by atoms with Gasteiger partial charge in [-0.3, -0.25) is 0 Å². The van der Waals surface area contributed by atoms with E-state index in [0.717, 1.165) is 0 Å². The molecule has 0 heterocycles. The normalized spacial score (nSPS) is 10.5. The van der Waals surface area contributed by atoms with E-state index in [9.17, 15) is 0 Å². The van der Waals surface area contributed by atoms with Crippen LogP contribution in [0, 0.1) is 0 Å². The molecule has 15 heavy (non-hydrogen) atoms. The minimum absolute atomic E-state index is 0.0229. The monoisotopic (exact) mass is 216 g/mol. The SMILES string of the molecule is C=Cc1ccc(CC[SiH2]C=C(C)C)cc1. The van der Waals surface area contributed by atoms with Gasteiger partial charge in [0, 0.05) is 9.52 Å². The molecule has 0 saturated carbocycles. The van der Waals surface area contributed by atoms with E-state index in [1.165, 1.54) is 29.2 Å². The second-order valence-corrected chi connectivity index (χ2v) is 5.81. The van der Waals surface area contributed by atoms with Crippen LogP contribution in [0.25, 0.3) is 6.08 Å². The highest BCUT2D eigenvalue weighted by Gasteiger charge is 1.92. The van der Waals surface area contributed by atoms with E-state index in [0.29, 0.717) is 0 Å². The van der Waals surface area contributed by atoms with Crippen molar-refractivity contribution in [2.75, 3.05) is 0 Å². The summed E-state index contributed by atoms with van der Waals surface area (Å²) in [6.45, 7) is 8.13. The molecule has 0 radical (unpaired) electrons. The molecule has 1 aromatic carbocycles. The summed E-state index contributed by atoms with van der Waals surface area (Å²) in [4.78, 5) is 0. The molecule has 0 aliphatic carbocycles. The quantitative estimate of drug-likeness (QED) is 0.523. The fourth-order valence-electron chi connectivity index (χ4n) is 1.52. The number of rotatable bonds is 5. The van der Waals surface area contributed by atoms with Crippen molar-refractivity contribution in [3.8, 4) is 0 Å². The number of allylic oxidation sites excluding steroid dienone is 1. The van der Waals surface area contributed by atoms with Gasteiger partial charge in [-0.2, -0.15) is 0 Å². The van der Waals surface area contributed by atoms with Crippen LogP contribution in [0.15, 0.2) is 42.1 Å². The summed E-state index contributed by atoms with van der Waals surface area (Å²) >= 11 is 0. The van der Waals surface area contributed by atoms with Gasteiger partial charge in [0.05, 0.1) is 0 Å². The van der Waals surface area contributed by atoms with Crippen molar-refractivity contribution < 1.29 is 0 Å². The Morgan fingerprint density at radius 2 is 1.93 bits per heavy atom. The lowest BCUT2D eigenvalue weighted by atomic mass is 10.1. The fraction of sp³-hybridized carbons (Fsp3) is 0.286. The number of hydrogen-bond acceptors (Lipinski definition) is 0. The molecule has 1 rings (SSSR count). The molecular formula is C14H20Si. The van der Waals surface area contributed by atoms with Crippen molar-refractivity contribution in [2.45, 2.75) is 26.3 Å². The fourth-order valence-corrected chi connectivity index (χ4v) is 2.91. The zero-order valence-corrected chi connectivity index (χ0v) is 11.2. The summed E-state index contributed by atoms with van der Waals surface area (Å²) in [7, 11) is 0.0229. The first-order valence-corrected chi connectivity index (χ1v) is 7.39. The largest absolute Gasteiger partial charge is 0.103 e. The highest BCUT2D eigenvalue weighted by atomic mass is 28.2. The summed E-state index contributed by atoms with van der Waals surface area (Å²) in [5.74, 6) is 0. The number of benzene rings is 1. The molecule has 0 atom stereocenters. The molecule has 0 aliphatic heterocycles. The average molecular weight is 216 g/mol. The van der Waals surface area contributed by atoms with Crippen molar-refractivity contribution in [1.82, 2.24) is 0 Å². The van der Waals surface area contributed by atoms with Crippen molar-refractivity contribution >= 4 is 15.6 Å². The van der Waals surface area contributed by atoms with E-state index in [1.807, 2.05) is 6.08 Å². The average Bonchev–Trinajstić information content (AvgIpc) is 2.25. The molecular weight excluding hydrogens is 196 g/mol. The molecule has 0 aliphatic rings. The molecule has 0 saturated heterocycles. The smallest absolute Gasteiger partial charge is 0.0456 e. The Bertz CT molecular complexity index is 329. The molecule has 1 heteroatoms. The predicted octanol–water partition coefficient (Wildman–Crippen LogP) is 3.38. The topological polar surface area (TPSA) is 0 Å². The van der Waals surface area contributed by atoms with Crippen LogP contribution in [0.5, 0.6) is 0 Å². The van der Waals surface area contributed by atoms with Gasteiger partial charge in [0.2, 0.25) is 0 Å². The predicted molar refractivity (Wildman–Crippen MR) is 73.0 cm³/mol. The molecule has 0 fully saturated rings. The lowest BCUT2D eigenvalue weighted by Gasteiger charge is -2.00. The van der Waals surface area contributed by atoms with E-state index in [2.05, 4.69) is 50.4 Å². The Morgan fingerprint density at radius 1 is 1.27 bits per heavy atom.